The van der Waals surface area contributed by atoms with Crippen LogP contribution in [0.1, 0.15) is 37.5 Å². The number of pyridine rings is 1. The Morgan fingerprint density at radius 1 is 1.57 bits per heavy atom. The maximum Gasteiger partial charge on any atom is 0.0977 e. The van der Waals surface area contributed by atoms with Crippen molar-refractivity contribution in [1.29, 1.82) is 0 Å². The molecule has 0 amide bonds. The van der Waals surface area contributed by atoms with Crippen LogP contribution >= 0.6 is 11.6 Å². The molecule has 2 nitrogen and oxygen atoms in total. The third-order valence-electron chi connectivity index (χ3n) is 2.88. The highest BCUT2D eigenvalue weighted by Crippen LogP contribution is 2.35. The van der Waals surface area contributed by atoms with E-state index in [1.54, 1.807) is 18.3 Å². The van der Waals surface area contributed by atoms with Crippen LogP contribution in [0.4, 0.5) is 0 Å². The molecule has 3 heteroatoms. The summed E-state index contributed by atoms with van der Waals surface area (Å²) in [6.45, 7) is 0. The van der Waals surface area contributed by atoms with Crippen LogP contribution in [0, 0.1) is 5.92 Å². The lowest BCUT2D eigenvalue weighted by atomic mass is 9.81. The molecular weight excluding hydrogens is 198 g/mol. The third kappa shape index (κ3) is 2.07. The zero-order chi connectivity index (χ0) is 9.97. The number of aliphatic hydroxyl groups excluding tert-OH is 1. The molecule has 1 unspecified atom stereocenters. The van der Waals surface area contributed by atoms with Crippen molar-refractivity contribution in [3.8, 4) is 0 Å². The smallest absolute Gasteiger partial charge is 0.0977 e. The minimum absolute atomic E-state index is 0.492. The number of aromatic nitrogens is 1. The normalized spacial score (nSPS) is 19.0. The Bertz CT molecular complexity index is 312. The summed E-state index contributed by atoms with van der Waals surface area (Å²) in [4.78, 5) is 4.11. The molecule has 1 heterocycles. The highest BCUT2D eigenvalue weighted by molar-refractivity contribution is 6.31. The van der Waals surface area contributed by atoms with E-state index in [0.717, 1.165) is 6.42 Å². The van der Waals surface area contributed by atoms with Crippen LogP contribution in [-0.4, -0.2) is 10.1 Å². The third-order valence-corrected chi connectivity index (χ3v) is 3.20. The van der Waals surface area contributed by atoms with Gasteiger partial charge >= 0.3 is 0 Å². The van der Waals surface area contributed by atoms with Gasteiger partial charge in [-0.25, -0.2) is 0 Å². The van der Waals surface area contributed by atoms with Crippen molar-refractivity contribution in [2.45, 2.75) is 31.8 Å². The molecule has 2 rings (SSSR count). The number of halogens is 1. The lowest BCUT2D eigenvalue weighted by Gasteiger charge is -2.27. The Kier molecular flexibility index (Phi) is 3.04. The lowest BCUT2D eigenvalue weighted by Crippen LogP contribution is -2.15. The van der Waals surface area contributed by atoms with E-state index in [9.17, 15) is 5.11 Å². The topological polar surface area (TPSA) is 33.1 Å². The Morgan fingerprint density at radius 3 is 2.93 bits per heavy atom. The number of nitrogens with zero attached hydrogens (tertiary/aromatic N) is 1. The first-order chi connectivity index (χ1) is 6.77. The quantitative estimate of drug-likeness (QED) is 0.834. The van der Waals surface area contributed by atoms with E-state index >= 15 is 0 Å². The van der Waals surface area contributed by atoms with Crippen molar-refractivity contribution in [2.24, 2.45) is 5.92 Å². The fourth-order valence-electron chi connectivity index (χ4n) is 1.80. The molecule has 1 aliphatic carbocycles. The summed E-state index contributed by atoms with van der Waals surface area (Å²) < 4.78 is 0. The second-order valence-electron chi connectivity index (χ2n) is 3.92. The number of hydrogen-bond acceptors (Lipinski definition) is 2. The minimum atomic E-state index is -0.492. The predicted octanol–water partition coefficient (Wildman–Crippen LogP) is 2.96. The van der Waals surface area contributed by atoms with Crippen LogP contribution in [0.3, 0.4) is 0 Å². The van der Waals surface area contributed by atoms with Gasteiger partial charge < -0.3 is 5.11 Å². The number of rotatable bonds is 3. The van der Waals surface area contributed by atoms with Crippen LogP contribution < -0.4 is 0 Å². The Labute approximate surface area is 88.9 Å². The zero-order valence-electron chi connectivity index (χ0n) is 7.99. The maximum atomic E-state index is 9.89. The average molecular weight is 212 g/mol. The van der Waals surface area contributed by atoms with E-state index in [-0.39, 0.29) is 0 Å². The van der Waals surface area contributed by atoms with Crippen molar-refractivity contribution >= 4 is 11.6 Å². The van der Waals surface area contributed by atoms with Crippen LogP contribution in [0.15, 0.2) is 18.3 Å². The molecule has 1 aromatic heterocycles. The molecule has 0 aliphatic heterocycles. The fourth-order valence-corrected chi connectivity index (χ4v) is 2.05. The minimum Gasteiger partial charge on any atom is -0.387 e. The van der Waals surface area contributed by atoms with Gasteiger partial charge in [0, 0.05) is 6.20 Å². The van der Waals surface area contributed by atoms with E-state index in [1.165, 1.54) is 19.3 Å². The van der Waals surface area contributed by atoms with Gasteiger partial charge in [-0.1, -0.05) is 30.9 Å². The predicted molar refractivity (Wildman–Crippen MR) is 56.2 cm³/mol. The number of aliphatic hydroxyl groups is 1. The first-order valence-electron chi connectivity index (χ1n) is 5.06. The molecule has 1 fully saturated rings. The second-order valence-corrected chi connectivity index (χ2v) is 4.33. The van der Waals surface area contributed by atoms with E-state index < -0.39 is 6.10 Å². The summed E-state index contributed by atoms with van der Waals surface area (Å²) in [5.41, 5.74) is 0.626. The largest absolute Gasteiger partial charge is 0.387 e. The monoisotopic (exact) mass is 211 g/mol. The molecule has 1 saturated carbocycles. The van der Waals surface area contributed by atoms with Crippen molar-refractivity contribution in [2.75, 3.05) is 0 Å². The molecule has 0 bridgehead atoms. The SMILES string of the molecule is OC(CC1CCC1)c1ncccc1Cl. The molecule has 14 heavy (non-hydrogen) atoms. The van der Waals surface area contributed by atoms with Crippen LogP contribution in [0.5, 0.6) is 0 Å². The van der Waals surface area contributed by atoms with Crippen molar-refractivity contribution in [3.05, 3.63) is 29.0 Å². The molecule has 1 aromatic rings. The Balaban J connectivity index is 2.02. The Morgan fingerprint density at radius 2 is 2.36 bits per heavy atom. The van der Waals surface area contributed by atoms with E-state index in [2.05, 4.69) is 4.98 Å². The maximum absolute atomic E-state index is 9.89. The zero-order valence-corrected chi connectivity index (χ0v) is 8.74. The highest BCUT2D eigenvalue weighted by Gasteiger charge is 2.23. The Hall–Kier alpha value is -0.600. The highest BCUT2D eigenvalue weighted by atomic mass is 35.5. The summed E-state index contributed by atoms with van der Waals surface area (Å²) in [5, 5.41) is 10.5. The van der Waals surface area contributed by atoms with Crippen molar-refractivity contribution in [1.82, 2.24) is 4.98 Å². The molecule has 0 saturated heterocycles. The standard InChI is InChI=1S/C11H14ClNO/c12-9-5-2-6-13-11(9)10(14)7-8-3-1-4-8/h2,5-6,8,10,14H,1,3-4,7H2. The first kappa shape index (κ1) is 9.94. The fraction of sp³-hybridized carbons (Fsp3) is 0.545. The number of hydrogen-bond donors (Lipinski definition) is 1. The summed E-state index contributed by atoms with van der Waals surface area (Å²) in [6, 6.07) is 3.55. The summed E-state index contributed by atoms with van der Waals surface area (Å²) in [7, 11) is 0. The van der Waals surface area contributed by atoms with Gasteiger partial charge in [-0.15, -0.1) is 0 Å². The van der Waals surface area contributed by atoms with E-state index in [0.29, 0.717) is 16.6 Å². The molecule has 76 valence electrons. The molecular formula is C11H14ClNO. The molecule has 0 radical (unpaired) electrons. The van der Waals surface area contributed by atoms with Crippen molar-refractivity contribution < 1.29 is 5.11 Å². The van der Waals surface area contributed by atoms with Gasteiger partial charge in [0.1, 0.15) is 0 Å². The summed E-state index contributed by atoms with van der Waals surface area (Å²) in [5.74, 6) is 0.670. The van der Waals surface area contributed by atoms with E-state index in [1.807, 2.05) is 0 Å². The molecule has 0 aromatic carbocycles. The first-order valence-corrected chi connectivity index (χ1v) is 5.43. The van der Waals surface area contributed by atoms with Gasteiger partial charge in [0.2, 0.25) is 0 Å². The second kappa shape index (κ2) is 4.28. The summed E-state index contributed by atoms with van der Waals surface area (Å²) >= 11 is 5.94. The van der Waals surface area contributed by atoms with Gasteiger partial charge in [-0.2, -0.15) is 0 Å². The van der Waals surface area contributed by atoms with Gasteiger partial charge in [-0.05, 0) is 24.5 Å². The van der Waals surface area contributed by atoms with Crippen LogP contribution in [0.25, 0.3) is 0 Å². The van der Waals surface area contributed by atoms with Gasteiger partial charge in [0.25, 0.3) is 0 Å². The van der Waals surface area contributed by atoms with E-state index in [4.69, 9.17) is 11.6 Å². The lowest BCUT2D eigenvalue weighted by molar-refractivity contribution is 0.115. The van der Waals surface area contributed by atoms with Crippen LogP contribution in [-0.2, 0) is 0 Å². The molecule has 1 atom stereocenters. The van der Waals surface area contributed by atoms with Crippen molar-refractivity contribution in [3.63, 3.8) is 0 Å². The van der Waals surface area contributed by atoms with Crippen LogP contribution in [0.2, 0.25) is 5.02 Å². The van der Waals surface area contributed by atoms with Gasteiger partial charge in [0.05, 0.1) is 16.8 Å². The molecule has 1 aliphatic rings. The van der Waals surface area contributed by atoms with Gasteiger partial charge in [0.15, 0.2) is 0 Å². The summed E-state index contributed by atoms with van der Waals surface area (Å²) in [6.07, 6.45) is 5.76. The molecule has 0 spiro atoms. The van der Waals surface area contributed by atoms with Gasteiger partial charge in [-0.3, -0.25) is 4.98 Å². The molecule has 1 N–H and O–H groups in total. The average Bonchev–Trinajstić information content (AvgIpc) is 2.12.